The lowest BCUT2D eigenvalue weighted by atomic mass is 9.83. The first-order valence-electron chi connectivity index (χ1n) is 5.14. The molecule has 0 amide bonds. The number of hydrogen-bond acceptors (Lipinski definition) is 2. The van der Waals surface area contributed by atoms with Crippen molar-refractivity contribution in [1.29, 1.82) is 0 Å². The second kappa shape index (κ2) is 3.52. The Hall–Kier alpha value is -0.180. The Labute approximate surface area is 83.1 Å². The van der Waals surface area contributed by atoms with Crippen LogP contribution < -0.4 is 0 Å². The van der Waals surface area contributed by atoms with Crippen LogP contribution >= 0.6 is 10.9 Å². The molecule has 0 atom stereocenters. The molecule has 0 radical (unpaired) electrons. The van der Waals surface area contributed by atoms with Gasteiger partial charge in [-0.15, -0.1) is 0 Å². The van der Waals surface area contributed by atoms with Crippen LogP contribution in [-0.4, -0.2) is 23.2 Å². The van der Waals surface area contributed by atoms with E-state index in [9.17, 15) is 0 Å². The van der Waals surface area contributed by atoms with Crippen LogP contribution in [0.2, 0.25) is 0 Å². The molecule has 0 aromatic rings. The summed E-state index contributed by atoms with van der Waals surface area (Å²) in [6, 6.07) is 0. The Kier molecular flexibility index (Phi) is 2.54. The van der Waals surface area contributed by atoms with Gasteiger partial charge in [-0.25, -0.2) is 10.9 Å². The van der Waals surface area contributed by atoms with Crippen molar-refractivity contribution < 1.29 is 4.84 Å². The molecule has 1 aliphatic heterocycles. The Bertz CT molecular complexity index is 219. The van der Waals surface area contributed by atoms with Crippen molar-refractivity contribution in [3.05, 3.63) is 0 Å². The molecule has 76 valence electrons. The van der Waals surface area contributed by atoms with Crippen molar-refractivity contribution >= 4 is 15.9 Å². The molecule has 1 fully saturated rings. The quantitative estimate of drug-likeness (QED) is 0.598. The number of nitrogens with zero attached hydrogens (tertiary/aromatic N) is 1. The molecule has 2 rings (SSSR count). The van der Waals surface area contributed by atoms with Gasteiger partial charge in [0.15, 0.2) is 0 Å². The third-order valence-electron chi connectivity index (χ3n) is 3.11. The minimum absolute atomic E-state index is 0.0274. The van der Waals surface area contributed by atoms with Crippen molar-refractivity contribution in [1.82, 2.24) is 0 Å². The van der Waals surface area contributed by atoms with Crippen molar-refractivity contribution in [2.75, 3.05) is 12.5 Å². The monoisotopic (exact) mass is 201 g/mol. The first-order chi connectivity index (χ1) is 6.22. The molecule has 0 N–H and O–H groups in total. The molecule has 1 aliphatic carbocycles. The number of oxime groups is 1. The van der Waals surface area contributed by atoms with Gasteiger partial charge >= 0.3 is 0 Å². The zero-order valence-electron chi connectivity index (χ0n) is 8.55. The average Bonchev–Trinajstić information content (AvgIpc) is 2.51. The van der Waals surface area contributed by atoms with Gasteiger partial charge in [0, 0.05) is 6.42 Å². The molecule has 0 unspecified atom stereocenters. The van der Waals surface area contributed by atoms with Gasteiger partial charge < -0.3 is 4.84 Å². The lowest BCUT2D eigenvalue weighted by Gasteiger charge is -2.30. The van der Waals surface area contributed by atoms with Crippen LogP contribution in [-0.2, 0) is 4.84 Å². The normalized spacial score (nSPS) is 26.9. The fourth-order valence-corrected chi connectivity index (χ4v) is 3.01. The van der Waals surface area contributed by atoms with Gasteiger partial charge in [0.2, 0.25) is 0 Å². The second-order valence-electron chi connectivity index (χ2n) is 4.41. The lowest BCUT2D eigenvalue weighted by molar-refractivity contribution is -0.0449. The smallest absolute Gasteiger partial charge is 0.143 e. The lowest BCUT2D eigenvalue weighted by Crippen LogP contribution is -2.31. The standard InChI is InChI=1S/C10H19NOS/c1-13(2)9-8-10(12-11-9)6-4-3-5-7-10/h13H,3-8H2,1-2H3. The molecule has 1 heterocycles. The molecule has 0 aromatic carbocycles. The SMILES string of the molecule is C[SH](C)C1=NOC2(CCCCC2)C1. The second-order valence-corrected chi connectivity index (χ2v) is 6.72. The molecular formula is C10H19NOS. The predicted molar refractivity (Wildman–Crippen MR) is 59.8 cm³/mol. The summed E-state index contributed by atoms with van der Waals surface area (Å²) < 4.78 is 0. The maximum atomic E-state index is 5.66. The van der Waals surface area contributed by atoms with E-state index in [0.717, 1.165) is 6.42 Å². The molecule has 1 saturated carbocycles. The van der Waals surface area contributed by atoms with E-state index >= 15 is 0 Å². The van der Waals surface area contributed by atoms with Crippen LogP contribution in [0.4, 0.5) is 0 Å². The molecule has 2 aliphatic rings. The minimum Gasteiger partial charge on any atom is -0.388 e. The Balaban J connectivity index is 1.99. The predicted octanol–water partition coefficient (Wildman–Crippen LogP) is 2.68. The molecule has 13 heavy (non-hydrogen) atoms. The molecule has 2 nitrogen and oxygen atoms in total. The maximum absolute atomic E-state index is 5.66. The molecule has 1 spiro atoms. The van der Waals surface area contributed by atoms with Gasteiger partial charge in [-0.2, -0.15) is 0 Å². The van der Waals surface area contributed by atoms with Gasteiger partial charge in [-0.1, -0.05) is 11.6 Å². The van der Waals surface area contributed by atoms with E-state index in [1.807, 2.05) is 0 Å². The highest BCUT2D eigenvalue weighted by atomic mass is 32.2. The number of hydrogen-bond donors (Lipinski definition) is 1. The molecule has 0 bridgehead atoms. The van der Waals surface area contributed by atoms with E-state index < -0.39 is 0 Å². The van der Waals surface area contributed by atoms with Gasteiger partial charge in [-0.3, -0.25) is 0 Å². The van der Waals surface area contributed by atoms with Crippen LogP contribution in [0.1, 0.15) is 38.5 Å². The van der Waals surface area contributed by atoms with E-state index in [1.54, 1.807) is 0 Å². The Morgan fingerprint density at radius 3 is 2.46 bits per heavy atom. The van der Waals surface area contributed by atoms with E-state index in [4.69, 9.17) is 4.84 Å². The van der Waals surface area contributed by atoms with Crippen LogP contribution in [0.15, 0.2) is 5.16 Å². The third-order valence-corrected chi connectivity index (χ3v) is 4.38. The zero-order chi connectivity index (χ0) is 9.31. The summed E-state index contributed by atoms with van der Waals surface area (Å²) in [5.41, 5.74) is 0.139. The maximum Gasteiger partial charge on any atom is 0.143 e. The van der Waals surface area contributed by atoms with Crippen LogP contribution in [0.25, 0.3) is 0 Å². The number of rotatable bonds is 0. The highest BCUT2D eigenvalue weighted by molar-refractivity contribution is 8.29. The molecule has 0 aromatic heterocycles. The van der Waals surface area contributed by atoms with E-state index in [-0.39, 0.29) is 16.5 Å². The summed E-state index contributed by atoms with van der Waals surface area (Å²) >= 11 is 0. The molecular weight excluding hydrogens is 182 g/mol. The minimum atomic E-state index is -0.0274. The summed E-state index contributed by atoms with van der Waals surface area (Å²) in [4.78, 5) is 5.66. The summed E-state index contributed by atoms with van der Waals surface area (Å²) in [5, 5.41) is 5.59. The third kappa shape index (κ3) is 1.85. The fourth-order valence-electron chi connectivity index (χ4n) is 2.21. The van der Waals surface area contributed by atoms with Crippen LogP contribution in [0.5, 0.6) is 0 Å². The highest BCUT2D eigenvalue weighted by Crippen LogP contribution is 2.41. The average molecular weight is 201 g/mol. The van der Waals surface area contributed by atoms with E-state index in [1.165, 1.54) is 37.1 Å². The van der Waals surface area contributed by atoms with Gasteiger partial charge in [0.25, 0.3) is 0 Å². The summed E-state index contributed by atoms with van der Waals surface area (Å²) in [6.45, 7) is 0. The van der Waals surface area contributed by atoms with Crippen molar-refractivity contribution in [3.8, 4) is 0 Å². The Morgan fingerprint density at radius 2 is 1.92 bits per heavy atom. The number of thiol groups is 1. The van der Waals surface area contributed by atoms with E-state index in [0.29, 0.717) is 0 Å². The van der Waals surface area contributed by atoms with Gasteiger partial charge in [0.05, 0.1) is 5.04 Å². The first-order valence-corrected chi connectivity index (χ1v) is 7.38. The summed E-state index contributed by atoms with van der Waals surface area (Å²) in [5.74, 6) is 0. The van der Waals surface area contributed by atoms with Crippen molar-refractivity contribution in [3.63, 3.8) is 0 Å². The molecule has 3 heteroatoms. The first kappa shape index (κ1) is 9.38. The van der Waals surface area contributed by atoms with Crippen molar-refractivity contribution in [2.45, 2.75) is 44.1 Å². The fraction of sp³-hybridized carbons (Fsp3) is 0.900. The van der Waals surface area contributed by atoms with E-state index in [2.05, 4.69) is 17.7 Å². The van der Waals surface area contributed by atoms with Gasteiger partial charge in [-0.05, 0) is 38.2 Å². The summed E-state index contributed by atoms with van der Waals surface area (Å²) in [6.07, 6.45) is 12.1. The zero-order valence-corrected chi connectivity index (χ0v) is 9.44. The summed E-state index contributed by atoms with van der Waals surface area (Å²) in [7, 11) is -0.0274. The van der Waals surface area contributed by atoms with Crippen LogP contribution in [0, 0.1) is 0 Å². The Morgan fingerprint density at radius 1 is 1.23 bits per heavy atom. The van der Waals surface area contributed by atoms with Crippen molar-refractivity contribution in [2.24, 2.45) is 5.16 Å². The highest BCUT2D eigenvalue weighted by Gasteiger charge is 2.40. The molecule has 0 saturated heterocycles. The topological polar surface area (TPSA) is 21.6 Å². The van der Waals surface area contributed by atoms with Gasteiger partial charge in [0.1, 0.15) is 5.60 Å². The largest absolute Gasteiger partial charge is 0.388 e. The van der Waals surface area contributed by atoms with Crippen LogP contribution in [0.3, 0.4) is 0 Å².